The van der Waals surface area contributed by atoms with E-state index in [1.54, 1.807) is 0 Å². The fraction of sp³-hybridized carbons (Fsp3) is 0.500. The zero-order valence-electron chi connectivity index (χ0n) is 10.2. The topological polar surface area (TPSA) is 55.4 Å². The van der Waals surface area contributed by atoms with E-state index in [2.05, 4.69) is 4.89 Å². The molecule has 0 aliphatic heterocycles. The summed E-state index contributed by atoms with van der Waals surface area (Å²) in [5, 5.41) is 0. The first kappa shape index (κ1) is 14.2. The number of rotatable bonds is 7. The maximum Gasteiger partial charge on any atom is 0.233 e. The highest BCUT2D eigenvalue weighted by molar-refractivity contribution is 7.89. The van der Waals surface area contributed by atoms with Crippen molar-refractivity contribution in [2.24, 2.45) is 5.92 Å². The van der Waals surface area contributed by atoms with E-state index < -0.39 is 10.0 Å². The average molecular weight is 257 g/mol. The van der Waals surface area contributed by atoms with Crippen LogP contribution in [0.5, 0.6) is 0 Å². The lowest BCUT2D eigenvalue weighted by Gasteiger charge is -2.08. The van der Waals surface area contributed by atoms with Crippen LogP contribution in [0.2, 0.25) is 0 Å². The summed E-state index contributed by atoms with van der Waals surface area (Å²) in [6.45, 7) is 4.21. The molecular formula is C12H19NO3S. The Bertz CT molecular complexity index is 415. The van der Waals surface area contributed by atoms with Crippen LogP contribution in [0.15, 0.2) is 30.3 Å². The van der Waals surface area contributed by atoms with Gasteiger partial charge in [-0.05, 0) is 17.9 Å². The Morgan fingerprint density at radius 2 is 1.88 bits per heavy atom. The summed E-state index contributed by atoms with van der Waals surface area (Å²) in [4.78, 5) is 7.11. The van der Waals surface area contributed by atoms with Gasteiger partial charge in [0.2, 0.25) is 10.0 Å². The monoisotopic (exact) mass is 257 g/mol. The fourth-order valence-corrected chi connectivity index (χ4v) is 2.31. The summed E-state index contributed by atoms with van der Waals surface area (Å²) in [6, 6.07) is 9.42. The molecule has 0 aliphatic carbocycles. The lowest BCUT2D eigenvalue weighted by atomic mass is 10.2. The van der Waals surface area contributed by atoms with Crippen molar-refractivity contribution in [2.75, 3.05) is 5.75 Å². The molecule has 0 amide bonds. The molecule has 0 fully saturated rings. The molecule has 96 valence electrons. The summed E-state index contributed by atoms with van der Waals surface area (Å²) in [6.07, 6.45) is 0.629. The van der Waals surface area contributed by atoms with Gasteiger partial charge >= 0.3 is 0 Å². The van der Waals surface area contributed by atoms with E-state index in [1.165, 1.54) is 0 Å². The minimum absolute atomic E-state index is 0.0967. The zero-order chi connectivity index (χ0) is 12.7. The Morgan fingerprint density at radius 3 is 2.47 bits per heavy atom. The minimum Gasteiger partial charge on any atom is -0.282 e. The van der Waals surface area contributed by atoms with E-state index in [0.717, 1.165) is 5.56 Å². The first-order valence-electron chi connectivity index (χ1n) is 5.65. The molecule has 1 N–H and O–H groups in total. The molecule has 1 rings (SSSR count). The minimum atomic E-state index is -3.32. The van der Waals surface area contributed by atoms with Crippen molar-refractivity contribution in [2.45, 2.75) is 26.9 Å². The average Bonchev–Trinajstić information content (AvgIpc) is 2.28. The molecule has 0 bridgehead atoms. The van der Waals surface area contributed by atoms with Crippen LogP contribution in [0.3, 0.4) is 0 Å². The number of benzene rings is 1. The highest BCUT2D eigenvalue weighted by Gasteiger charge is 2.10. The van der Waals surface area contributed by atoms with Gasteiger partial charge in [0.15, 0.2) is 0 Å². The third-order valence-corrected chi connectivity index (χ3v) is 3.38. The maximum absolute atomic E-state index is 11.5. The molecule has 0 saturated heterocycles. The summed E-state index contributed by atoms with van der Waals surface area (Å²) in [5.74, 6) is 0.458. The largest absolute Gasteiger partial charge is 0.282 e. The van der Waals surface area contributed by atoms with Crippen molar-refractivity contribution in [1.29, 1.82) is 0 Å². The summed E-state index contributed by atoms with van der Waals surface area (Å²) in [7, 11) is -3.32. The molecule has 0 aromatic heterocycles. The lowest BCUT2D eigenvalue weighted by Crippen LogP contribution is -2.27. The molecule has 0 spiro atoms. The van der Waals surface area contributed by atoms with Gasteiger partial charge in [0.1, 0.15) is 0 Å². The van der Waals surface area contributed by atoms with Crippen LogP contribution in [0, 0.1) is 5.92 Å². The van der Waals surface area contributed by atoms with E-state index in [4.69, 9.17) is 4.84 Å². The van der Waals surface area contributed by atoms with Gasteiger partial charge < -0.3 is 0 Å². The highest BCUT2D eigenvalue weighted by Crippen LogP contribution is 2.03. The molecular weight excluding hydrogens is 238 g/mol. The van der Waals surface area contributed by atoms with Crippen molar-refractivity contribution >= 4 is 10.0 Å². The number of hydrogen-bond donors (Lipinski definition) is 1. The molecule has 4 nitrogen and oxygen atoms in total. The Hall–Kier alpha value is -0.910. The standard InChI is InChI=1S/C12H19NO3S/c1-11(2)8-9-17(14,15)13-16-10-12-6-4-3-5-7-12/h3-7,11,13H,8-10H2,1-2H3. The summed E-state index contributed by atoms with van der Waals surface area (Å²) < 4.78 is 23.0. The van der Waals surface area contributed by atoms with Gasteiger partial charge in [-0.3, -0.25) is 4.84 Å². The Kier molecular flexibility index (Phi) is 5.61. The summed E-state index contributed by atoms with van der Waals surface area (Å²) >= 11 is 0. The van der Waals surface area contributed by atoms with Crippen LogP contribution >= 0.6 is 0 Å². The van der Waals surface area contributed by atoms with Crippen molar-refractivity contribution in [1.82, 2.24) is 4.89 Å². The SMILES string of the molecule is CC(C)CCS(=O)(=O)NOCc1ccccc1. The van der Waals surface area contributed by atoms with E-state index in [0.29, 0.717) is 12.3 Å². The third-order valence-electron chi connectivity index (χ3n) is 2.23. The normalized spacial score (nSPS) is 11.9. The van der Waals surface area contributed by atoms with E-state index in [9.17, 15) is 8.42 Å². The van der Waals surface area contributed by atoms with Gasteiger partial charge in [0.05, 0.1) is 12.4 Å². The quantitative estimate of drug-likeness (QED) is 0.761. The predicted octanol–water partition coefficient (Wildman–Crippen LogP) is 2.08. The van der Waals surface area contributed by atoms with Crippen LogP contribution < -0.4 is 4.89 Å². The van der Waals surface area contributed by atoms with Gasteiger partial charge in [-0.25, -0.2) is 8.42 Å². The van der Waals surface area contributed by atoms with Crippen LogP contribution in [0.1, 0.15) is 25.8 Å². The van der Waals surface area contributed by atoms with Crippen molar-refractivity contribution in [3.05, 3.63) is 35.9 Å². The first-order chi connectivity index (χ1) is 7.99. The lowest BCUT2D eigenvalue weighted by molar-refractivity contribution is 0.0795. The second-order valence-electron chi connectivity index (χ2n) is 4.36. The number of nitrogens with one attached hydrogen (secondary N) is 1. The molecule has 0 heterocycles. The molecule has 0 saturated carbocycles. The highest BCUT2D eigenvalue weighted by atomic mass is 32.2. The van der Waals surface area contributed by atoms with Crippen LogP contribution in [0.25, 0.3) is 0 Å². The molecule has 5 heteroatoms. The third kappa shape index (κ3) is 6.41. The van der Waals surface area contributed by atoms with Crippen LogP contribution in [-0.2, 0) is 21.5 Å². The molecule has 1 aromatic carbocycles. The smallest absolute Gasteiger partial charge is 0.233 e. The molecule has 0 radical (unpaired) electrons. The zero-order valence-corrected chi connectivity index (χ0v) is 11.0. The van der Waals surface area contributed by atoms with Gasteiger partial charge in [-0.1, -0.05) is 49.1 Å². The van der Waals surface area contributed by atoms with Crippen molar-refractivity contribution < 1.29 is 13.3 Å². The van der Waals surface area contributed by atoms with Gasteiger partial charge in [0, 0.05) is 0 Å². The van der Waals surface area contributed by atoms with Crippen molar-refractivity contribution in [3.63, 3.8) is 0 Å². The fourth-order valence-electron chi connectivity index (χ4n) is 1.21. The second kappa shape index (κ2) is 6.74. The second-order valence-corrected chi connectivity index (χ2v) is 6.16. The molecule has 17 heavy (non-hydrogen) atoms. The maximum atomic E-state index is 11.5. The van der Waals surface area contributed by atoms with Crippen LogP contribution in [0.4, 0.5) is 0 Å². The Labute approximate surface area is 103 Å². The van der Waals surface area contributed by atoms with E-state index in [1.807, 2.05) is 44.2 Å². The Morgan fingerprint density at radius 1 is 1.24 bits per heavy atom. The van der Waals surface area contributed by atoms with Gasteiger partial charge in [-0.15, -0.1) is 0 Å². The molecule has 0 aliphatic rings. The van der Waals surface area contributed by atoms with Crippen LogP contribution in [-0.4, -0.2) is 14.2 Å². The Balaban J connectivity index is 2.31. The van der Waals surface area contributed by atoms with Gasteiger partial charge in [-0.2, -0.15) is 0 Å². The number of hydrogen-bond acceptors (Lipinski definition) is 3. The molecule has 0 atom stereocenters. The summed E-state index contributed by atoms with van der Waals surface area (Å²) in [5.41, 5.74) is 0.930. The van der Waals surface area contributed by atoms with Gasteiger partial charge in [0.25, 0.3) is 0 Å². The molecule has 0 unspecified atom stereocenters. The van der Waals surface area contributed by atoms with E-state index >= 15 is 0 Å². The number of sulfonamides is 1. The van der Waals surface area contributed by atoms with E-state index in [-0.39, 0.29) is 12.4 Å². The predicted molar refractivity (Wildman–Crippen MR) is 67.6 cm³/mol. The molecule has 1 aromatic rings. The first-order valence-corrected chi connectivity index (χ1v) is 7.30. The van der Waals surface area contributed by atoms with Crippen molar-refractivity contribution in [3.8, 4) is 0 Å².